The van der Waals surface area contributed by atoms with E-state index in [9.17, 15) is 4.79 Å². The van der Waals surface area contributed by atoms with Crippen LogP contribution in [-0.2, 0) is 4.79 Å². The molecule has 0 spiro atoms. The molecule has 0 atom stereocenters. The second-order valence-electron chi connectivity index (χ2n) is 4.23. The Balaban J connectivity index is 2.24. The Hall–Kier alpha value is -1.04. The van der Waals surface area contributed by atoms with Crippen molar-refractivity contribution in [1.82, 2.24) is 10.2 Å². The molecule has 1 aromatic rings. The Morgan fingerprint density at radius 3 is 2.69 bits per heavy atom. The molecule has 0 aliphatic rings. The normalized spacial score (nSPS) is 11.7. The van der Waals surface area contributed by atoms with Gasteiger partial charge in [0, 0.05) is 12.7 Å². The number of carboxylic acid groups (broad SMARTS) is 1. The zero-order valence-corrected chi connectivity index (χ0v) is 10.5. The number of hydrogen-bond donors (Lipinski definition) is 1. The van der Waals surface area contributed by atoms with Crippen molar-refractivity contribution in [3.8, 4) is 0 Å². The number of aryl methyl sites for hydroxylation is 1. The van der Waals surface area contributed by atoms with Crippen LogP contribution in [0.4, 0.5) is 0 Å². The van der Waals surface area contributed by atoms with Crippen molar-refractivity contribution in [3.63, 3.8) is 0 Å². The van der Waals surface area contributed by atoms with Gasteiger partial charge < -0.3 is 9.52 Å². The fourth-order valence-corrected chi connectivity index (χ4v) is 1.86. The maximum Gasteiger partial charge on any atom is 0.309 e. The number of hydrogen-bond acceptors (Lipinski definition) is 5. The lowest BCUT2D eigenvalue weighted by molar-refractivity contribution is -0.147. The van der Waals surface area contributed by atoms with Gasteiger partial charge in [0.15, 0.2) is 0 Å². The molecule has 0 saturated carbocycles. The van der Waals surface area contributed by atoms with E-state index in [1.54, 1.807) is 20.8 Å². The molecular formula is C10H16N2O3S. The molecule has 1 aromatic heterocycles. The largest absolute Gasteiger partial charge is 0.481 e. The fourth-order valence-electron chi connectivity index (χ4n) is 1.12. The van der Waals surface area contributed by atoms with Crippen molar-refractivity contribution in [2.75, 3.05) is 5.75 Å². The number of carboxylic acids is 1. The van der Waals surface area contributed by atoms with Gasteiger partial charge in [0.05, 0.1) is 5.41 Å². The predicted molar refractivity (Wildman–Crippen MR) is 60.4 cm³/mol. The third kappa shape index (κ3) is 3.84. The molecule has 16 heavy (non-hydrogen) atoms. The Kier molecular flexibility index (Phi) is 4.35. The van der Waals surface area contributed by atoms with Crippen LogP contribution >= 0.6 is 11.8 Å². The molecule has 0 aliphatic carbocycles. The maximum atomic E-state index is 10.8. The first kappa shape index (κ1) is 13.0. The minimum Gasteiger partial charge on any atom is -0.481 e. The van der Waals surface area contributed by atoms with Crippen molar-refractivity contribution in [3.05, 3.63) is 5.89 Å². The number of carbonyl (C=O) groups is 1. The molecule has 0 unspecified atom stereocenters. The van der Waals surface area contributed by atoms with Gasteiger partial charge in [0.1, 0.15) is 0 Å². The molecule has 0 radical (unpaired) electrons. The summed E-state index contributed by atoms with van der Waals surface area (Å²) in [5, 5.41) is 17.0. The molecule has 0 aliphatic heterocycles. The number of aromatic nitrogens is 2. The van der Waals surface area contributed by atoms with Crippen molar-refractivity contribution >= 4 is 17.7 Å². The van der Waals surface area contributed by atoms with E-state index in [0.717, 1.165) is 12.2 Å². The van der Waals surface area contributed by atoms with Crippen LogP contribution in [-0.4, -0.2) is 27.0 Å². The van der Waals surface area contributed by atoms with E-state index in [2.05, 4.69) is 10.2 Å². The van der Waals surface area contributed by atoms with Crippen LogP contribution < -0.4 is 0 Å². The molecule has 0 amide bonds. The topological polar surface area (TPSA) is 76.2 Å². The van der Waals surface area contributed by atoms with Gasteiger partial charge >= 0.3 is 5.97 Å². The lowest BCUT2D eigenvalue weighted by Crippen LogP contribution is -2.23. The first-order chi connectivity index (χ1) is 7.42. The number of thioether (sulfide) groups is 1. The van der Waals surface area contributed by atoms with Gasteiger partial charge in [-0.3, -0.25) is 4.79 Å². The molecular weight excluding hydrogens is 228 g/mol. The van der Waals surface area contributed by atoms with Crippen LogP contribution in [0.2, 0.25) is 0 Å². The zero-order valence-electron chi connectivity index (χ0n) is 9.69. The number of rotatable bonds is 6. The molecule has 5 nitrogen and oxygen atoms in total. The van der Waals surface area contributed by atoms with E-state index in [0.29, 0.717) is 17.5 Å². The minimum atomic E-state index is -0.758. The highest BCUT2D eigenvalue weighted by Gasteiger charge is 2.26. The SMILES string of the molecule is Cc1nnc(SCCCC(C)(C)C(=O)O)o1. The second kappa shape index (κ2) is 5.34. The van der Waals surface area contributed by atoms with Crippen LogP contribution in [0.15, 0.2) is 9.64 Å². The Morgan fingerprint density at radius 1 is 1.50 bits per heavy atom. The van der Waals surface area contributed by atoms with Gasteiger partial charge in [-0.15, -0.1) is 10.2 Å². The average molecular weight is 244 g/mol. The van der Waals surface area contributed by atoms with E-state index in [4.69, 9.17) is 9.52 Å². The Labute approximate surface area is 98.6 Å². The quantitative estimate of drug-likeness (QED) is 0.611. The smallest absolute Gasteiger partial charge is 0.309 e. The summed E-state index contributed by atoms with van der Waals surface area (Å²) in [6.45, 7) is 5.21. The molecule has 1 heterocycles. The van der Waals surface area contributed by atoms with E-state index >= 15 is 0 Å². The highest BCUT2D eigenvalue weighted by atomic mass is 32.2. The molecule has 0 saturated heterocycles. The van der Waals surface area contributed by atoms with E-state index < -0.39 is 11.4 Å². The van der Waals surface area contributed by atoms with Crippen molar-refractivity contribution in [1.29, 1.82) is 0 Å². The standard InChI is InChI=1S/C10H16N2O3S/c1-7-11-12-9(15-7)16-6-4-5-10(2,3)8(13)14/h4-6H2,1-3H3,(H,13,14). The lowest BCUT2D eigenvalue weighted by Gasteiger charge is -2.17. The highest BCUT2D eigenvalue weighted by Crippen LogP contribution is 2.25. The summed E-state index contributed by atoms with van der Waals surface area (Å²) in [6, 6.07) is 0. The van der Waals surface area contributed by atoms with Crippen LogP contribution in [0.3, 0.4) is 0 Å². The predicted octanol–water partition coefficient (Wildman–Crippen LogP) is 2.36. The molecule has 6 heteroatoms. The highest BCUT2D eigenvalue weighted by molar-refractivity contribution is 7.99. The first-order valence-corrected chi connectivity index (χ1v) is 6.07. The first-order valence-electron chi connectivity index (χ1n) is 5.08. The Bertz CT molecular complexity index is 363. The number of aliphatic carboxylic acids is 1. The minimum absolute atomic E-state index is 0.547. The fraction of sp³-hybridized carbons (Fsp3) is 0.700. The lowest BCUT2D eigenvalue weighted by atomic mass is 9.88. The van der Waals surface area contributed by atoms with Gasteiger partial charge in [-0.05, 0) is 26.7 Å². The molecule has 1 N–H and O–H groups in total. The third-order valence-electron chi connectivity index (χ3n) is 2.26. The summed E-state index contributed by atoms with van der Waals surface area (Å²) in [5.41, 5.74) is -0.661. The molecule has 90 valence electrons. The molecule has 0 fully saturated rings. The summed E-state index contributed by atoms with van der Waals surface area (Å²) in [6.07, 6.45) is 1.45. The van der Waals surface area contributed by atoms with Crippen LogP contribution in [0.25, 0.3) is 0 Å². The third-order valence-corrected chi connectivity index (χ3v) is 3.16. The second-order valence-corrected chi connectivity index (χ2v) is 5.27. The summed E-state index contributed by atoms with van der Waals surface area (Å²) < 4.78 is 5.19. The van der Waals surface area contributed by atoms with Crippen LogP contribution in [0.5, 0.6) is 0 Å². The van der Waals surface area contributed by atoms with Gasteiger partial charge in [-0.1, -0.05) is 11.8 Å². The molecule has 0 bridgehead atoms. The van der Waals surface area contributed by atoms with Crippen LogP contribution in [0, 0.1) is 12.3 Å². The van der Waals surface area contributed by atoms with Crippen molar-refractivity contribution in [2.24, 2.45) is 5.41 Å². The van der Waals surface area contributed by atoms with Crippen LogP contribution in [0.1, 0.15) is 32.6 Å². The van der Waals surface area contributed by atoms with E-state index in [1.807, 2.05) is 0 Å². The van der Waals surface area contributed by atoms with Gasteiger partial charge in [0.25, 0.3) is 5.22 Å². The summed E-state index contributed by atoms with van der Waals surface area (Å²) in [7, 11) is 0. The summed E-state index contributed by atoms with van der Waals surface area (Å²) >= 11 is 1.46. The van der Waals surface area contributed by atoms with Gasteiger partial charge in [0.2, 0.25) is 5.89 Å². The molecule has 1 rings (SSSR count). The zero-order chi connectivity index (χ0) is 12.2. The number of nitrogens with zero attached hydrogens (tertiary/aromatic N) is 2. The maximum absolute atomic E-state index is 10.8. The van der Waals surface area contributed by atoms with Gasteiger partial charge in [-0.25, -0.2) is 0 Å². The van der Waals surface area contributed by atoms with E-state index in [1.165, 1.54) is 11.8 Å². The monoisotopic (exact) mass is 244 g/mol. The summed E-state index contributed by atoms with van der Waals surface area (Å²) in [4.78, 5) is 10.8. The Morgan fingerprint density at radius 2 is 2.19 bits per heavy atom. The van der Waals surface area contributed by atoms with Gasteiger partial charge in [-0.2, -0.15) is 0 Å². The van der Waals surface area contributed by atoms with Crippen molar-refractivity contribution < 1.29 is 14.3 Å². The molecule has 0 aromatic carbocycles. The average Bonchev–Trinajstić information content (AvgIpc) is 2.59. The summed E-state index contributed by atoms with van der Waals surface area (Å²) in [5.74, 6) is 0.581. The van der Waals surface area contributed by atoms with Crippen molar-refractivity contribution in [2.45, 2.75) is 38.8 Å². The van der Waals surface area contributed by atoms with E-state index in [-0.39, 0.29) is 0 Å².